The first kappa shape index (κ1) is 27.7. The maximum absolute atomic E-state index is 4.60. The molecule has 1 heterocycles. The Kier molecular flexibility index (Phi) is 13.0. The SMILES string of the molecule is C=CCC/C=C(/CCCCCC1CCCCCC(=C)C1(CC)CC)c1cc[nH]c1CCCC. The van der Waals surface area contributed by atoms with Crippen molar-refractivity contribution >= 4 is 5.57 Å². The number of hydrogen-bond donors (Lipinski definition) is 1. The molecule has 1 aliphatic carbocycles. The minimum atomic E-state index is 0.398. The summed E-state index contributed by atoms with van der Waals surface area (Å²) in [7, 11) is 0. The number of hydrogen-bond acceptors (Lipinski definition) is 0. The molecule has 0 saturated heterocycles. The molecule has 1 unspecified atom stereocenters. The minimum absolute atomic E-state index is 0.398. The molecule has 0 aliphatic heterocycles. The predicted octanol–water partition coefficient (Wildman–Crippen LogP) is 10.6. The fourth-order valence-corrected chi connectivity index (χ4v) is 6.34. The van der Waals surface area contributed by atoms with E-state index in [1.807, 2.05) is 6.08 Å². The van der Waals surface area contributed by atoms with Crippen LogP contribution in [0.1, 0.15) is 135 Å². The van der Waals surface area contributed by atoms with Gasteiger partial charge in [-0.3, -0.25) is 0 Å². The Balaban J connectivity index is 1.95. The van der Waals surface area contributed by atoms with Crippen LogP contribution in [0.3, 0.4) is 0 Å². The van der Waals surface area contributed by atoms with Gasteiger partial charge in [0.15, 0.2) is 0 Å². The fraction of sp³-hybridized carbons (Fsp3) is 0.688. The minimum Gasteiger partial charge on any atom is -0.364 e. The van der Waals surface area contributed by atoms with Gasteiger partial charge in [-0.2, -0.15) is 0 Å². The standard InChI is InChI=1S/C32H53N/c1-6-10-14-20-28(30-25-26-33-31(30)24-11-7-2)21-16-13-18-23-29-22-17-12-15-19-27(5)32(29,8-3)9-4/h6,20,25-26,29,33H,1,5,7-19,21-24H2,2-4H3/b28-20-. The zero-order chi connectivity index (χ0) is 23.9. The molecule has 0 amide bonds. The quantitative estimate of drug-likeness (QED) is 0.201. The van der Waals surface area contributed by atoms with Gasteiger partial charge in [0.25, 0.3) is 0 Å². The van der Waals surface area contributed by atoms with Gasteiger partial charge in [0.1, 0.15) is 0 Å². The largest absolute Gasteiger partial charge is 0.364 e. The number of H-pyrrole nitrogens is 1. The van der Waals surface area contributed by atoms with E-state index >= 15 is 0 Å². The number of nitrogens with one attached hydrogen (secondary N) is 1. The van der Waals surface area contributed by atoms with E-state index in [0.717, 1.165) is 18.8 Å². The van der Waals surface area contributed by atoms with Crippen LogP contribution in [0.25, 0.3) is 5.57 Å². The summed E-state index contributed by atoms with van der Waals surface area (Å²) in [6, 6.07) is 2.31. The first-order valence-corrected chi connectivity index (χ1v) is 14.3. The third kappa shape index (κ3) is 8.04. The van der Waals surface area contributed by atoms with Crippen LogP contribution in [0.5, 0.6) is 0 Å². The highest BCUT2D eigenvalue weighted by Gasteiger charge is 2.37. The Hall–Kier alpha value is -1.50. The molecule has 1 heteroatoms. The van der Waals surface area contributed by atoms with Gasteiger partial charge in [-0.1, -0.05) is 77.2 Å². The average molecular weight is 452 g/mol. The number of aromatic nitrogens is 1. The highest BCUT2D eigenvalue weighted by Crippen LogP contribution is 2.49. The van der Waals surface area contributed by atoms with E-state index in [-0.39, 0.29) is 0 Å². The number of unbranched alkanes of at least 4 members (excludes halogenated alkanes) is 4. The van der Waals surface area contributed by atoms with E-state index in [1.54, 1.807) is 11.1 Å². The number of allylic oxidation sites excluding steroid dienone is 4. The van der Waals surface area contributed by atoms with E-state index in [0.29, 0.717) is 5.41 Å². The molecule has 0 aromatic carbocycles. The summed E-state index contributed by atoms with van der Waals surface area (Å²) in [5.41, 5.74) is 6.43. The molecule has 0 bridgehead atoms. The summed E-state index contributed by atoms with van der Waals surface area (Å²) in [6.07, 6.45) is 28.5. The van der Waals surface area contributed by atoms with Crippen LogP contribution < -0.4 is 0 Å². The second-order valence-corrected chi connectivity index (χ2v) is 10.4. The van der Waals surface area contributed by atoms with Crippen molar-refractivity contribution in [3.05, 3.63) is 54.4 Å². The lowest BCUT2D eigenvalue weighted by Gasteiger charge is -2.43. The Labute approximate surface area is 206 Å². The first-order valence-electron chi connectivity index (χ1n) is 14.3. The van der Waals surface area contributed by atoms with E-state index in [1.165, 1.54) is 108 Å². The summed E-state index contributed by atoms with van der Waals surface area (Å²) < 4.78 is 0. The molecule has 1 aliphatic rings. The molecule has 1 nitrogen and oxygen atoms in total. The Morgan fingerprint density at radius 2 is 1.88 bits per heavy atom. The van der Waals surface area contributed by atoms with Crippen molar-refractivity contribution in [2.45, 2.75) is 130 Å². The highest BCUT2D eigenvalue weighted by atomic mass is 14.7. The van der Waals surface area contributed by atoms with Crippen LogP contribution in [0, 0.1) is 11.3 Å². The van der Waals surface area contributed by atoms with Gasteiger partial charge in [-0.15, -0.1) is 6.58 Å². The monoisotopic (exact) mass is 451 g/mol. The molecule has 2 rings (SSSR count). The maximum atomic E-state index is 4.60. The van der Waals surface area contributed by atoms with E-state index in [2.05, 4.69) is 57.3 Å². The molecular formula is C32H53N. The topological polar surface area (TPSA) is 15.8 Å². The van der Waals surface area contributed by atoms with Gasteiger partial charge in [0.2, 0.25) is 0 Å². The average Bonchev–Trinajstić information content (AvgIpc) is 3.29. The number of aryl methyl sites for hydroxylation is 1. The third-order valence-electron chi connectivity index (χ3n) is 8.50. The molecule has 0 spiro atoms. The van der Waals surface area contributed by atoms with Gasteiger partial charge in [-0.05, 0) is 106 Å². The van der Waals surface area contributed by atoms with Gasteiger partial charge >= 0.3 is 0 Å². The van der Waals surface area contributed by atoms with Gasteiger partial charge in [0.05, 0.1) is 0 Å². The Bertz CT molecular complexity index is 715. The lowest BCUT2D eigenvalue weighted by molar-refractivity contribution is 0.149. The van der Waals surface area contributed by atoms with Crippen LogP contribution in [-0.4, -0.2) is 4.98 Å². The molecular weight excluding hydrogens is 398 g/mol. The zero-order valence-electron chi connectivity index (χ0n) is 22.3. The summed E-state index contributed by atoms with van der Waals surface area (Å²) in [6.45, 7) is 15.6. The summed E-state index contributed by atoms with van der Waals surface area (Å²) in [4.78, 5) is 3.52. The van der Waals surface area contributed by atoms with E-state index in [4.69, 9.17) is 0 Å². The first-order chi connectivity index (χ1) is 16.1. The molecule has 0 radical (unpaired) electrons. The zero-order valence-corrected chi connectivity index (χ0v) is 22.3. The molecule has 186 valence electrons. The Morgan fingerprint density at radius 1 is 1.06 bits per heavy atom. The molecule has 1 fully saturated rings. The van der Waals surface area contributed by atoms with Gasteiger partial charge < -0.3 is 4.98 Å². The molecule has 1 aromatic rings. The highest BCUT2D eigenvalue weighted by molar-refractivity contribution is 5.67. The number of aromatic amines is 1. The van der Waals surface area contributed by atoms with Crippen molar-refractivity contribution in [3.63, 3.8) is 0 Å². The fourth-order valence-electron chi connectivity index (χ4n) is 6.34. The van der Waals surface area contributed by atoms with Crippen molar-refractivity contribution in [1.82, 2.24) is 4.98 Å². The molecule has 1 aromatic heterocycles. The number of rotatable bonds is 15. The van der Waals surface area contributed by atoms with Crippen molar-refractivity contribution in [3.8, 4) is 0 Å². The van der Waals surface area contributed by atoms with E-state index in [9.17, 15) is 0 Å². The van der Waals surface area contributed by atoms with Crippen molar-refractivity contribution < 1.29 is 0 Å². The van der Waals surface area contributed by atoms with Gasteiger partial charge in [0, 0.05) is 11.9 Å². The van der Waals surface area contributed by atoms with Crippen LogP contribution in [0.2, 0.25) is 0 Å². The van der Waals surface area contributed by atoms with Crippen LogP contribution in [-0.2, 0) is 6.42 Å². The summed E-state index contributed by atoms with van der Waals surface area (Å²) in [5, 5.41) is 0. The second-order valence-electron chi connectivity index (χ2n) is 10.4. The molecule has 1 atom stereocenters. The smallest absolute Gasteiger partial charge is 0.0223 e. The molecule has 1 N–H and O–H groups in total. The maximum Gasteiger partial charge on any atom is 0.0223 e. The predicted molar refractivity (Wildman–Crippen MR) is 149 cm³/mol. The Morgan fingerprint density at radius 3 is 2.61 bits per heavy atom. The summed E-state index contributed by atoms with van der Waals surface area (Å²) in [5.74, 6) is 0.841. The summed E-state index contributed by atoms with van der Waals surface area (Å²) >= 11 is 0. The molecule has 1 saturated carbocycles. The van der Waals surface area contributed by atoms with Crippen molar-refractivity contribution in [2.75, 3.05) is 0 Å². The van der Waals surface area contributed by atoms with Gasteiger partial charge in [-0.25, -0.2) is 0 Å². The normalized spacial score (nSPS) is 19.3. The second kappa shape index (κ2) is 15.4. The van der Waals surface area contributed by atoms with E-state index < -0.39 is 0 Å². The lowest BCUT2D eigenvalue weighted by Crippen LogP contribution is -2.32. The lowest BCUT2D eigenvalue weighted by atomic mass is 9.61. The molecule has 33 heavy (non-hydrogen) atoms. The van der Waals surface area contributed by atoms with Crippen molar-refractivity contribution in [1.29, 1.82) is 0 Å². The third-order valence-corrected chi connectivity index (χ3v) is 8.50. The van der Waals surface area contributed by atoms with Crippen molar-refractivity contribution in [2.24, 2.45) is 11.3 Å². The van der Waals surface area contributed by atoms with Crippen LogP contribution in [0.15, 0.2) is 43.1 Å². The van der Waals surface area contributed by atoms with Crippen LogP contribution >= 0.6 is 0 Å². The van der Waals surface area contributed by atoms with Crippen LogP contribution in [0.4, 0.5) is 0 Å².